The Hall–Kier alpha value is -2.11. The van der Waals surface area contributed by atoms with Crippen LogP contribution in [0, 0.1) is 24.2 Å². The maximum atomic E-state index is 13.0. The summed E-state index contributed by atoms with van der Waals surface area (Å²) in [6, 6.07) is 2.08. The molecule has 160 valence electrons. The van der Waals surface area contributed by atoms with Crippen LogP contribution >= 0.6 is 24.0 Å². The lowest BCUT2D eigenvalue weighted by atomic mass is 10.0. The van der Waals surface area contributed by atoms with Crippen LogP contribution < -0.4 is 10.5 Å². The first-order chi connectivity index (χ1) is 14.3. The first-order valence-corrected chi connectivity index (χ1v) is 11.7. The highest BCUT2D eigenvalue weighted by Crippen LogP contribution is 2.36. The number of rotatable bonds is 5. The molecule has 0 saturated carbocycles. The molecule has 1 amide bonds. The number of anilines is 1. The minimum absolute atomic E-state index is 0.101. The third-order valence-corrected chi connectivity index (χ3v) is 6.89. The number of hydrogen-bond donors (Lipinski definition) is 0. The highest BCUT2D eigenvalue weighted by Gasteiger charge is 2.33. The molecule has 8 heteroatoms. The number of aromatic nitrogens is 1. The second-order valence-electron chi connectivity index (χ2n) is 8.13. The minimum atomic E-state index is -0.261. The molecule has 1 aromatic heterocycles. The molecule has 3 heterocycles. The van der Waals surface area contributed by atoms with Crippen molar-refractivity contribution in [2.45, 2.75) is 53.5 Å². The fourth-order valence-electron chi connectivity index (χ4n) is 4.04. The van der Waals surface area contributed by atoms with Crippen molar-refractivity contribution in [3.8, 4) is 6.07 Å². The Morgan fingerprint density at radius 3 is 2.47 bits per heavy atom. The summed E-state index contributed by atoms with van der Waals surface area (Å²) < 4.78 is 2.24. The molecule has 0 aromatic carbocycles. The summed E-state index contributed by atoms with van der Waals surface area (Å²) in [5.41, 5.74) is 1.28. The minimum Gasteiger partial charge on any atom is -0.357 e. The maximum Gasteiger partial charge on any atom is 0.270 e. The van der Waals surface area contributed by atoms with Gasteiger partial charge in [-0.25, -0.2) is 0 Å². The molecular formula is C22H28N4O2S2. The van der Waals surface area contributed by atoms with Crippen molar-refractivity contribution in [2.75, 3.05) is 24.5 Å². The van der Waals surface area contributed by atoms with E-state index in [9.17, 15) is 14.9 Å². The zero-order valence-corrected chi connectivity index (χ0v) is 19.7. The average Bonchev–Trinajstić information content (AvgIpc) is 2.97. The molecule has 0 radical (unpaired) electrons. The van der Waals surface area contributed by atoms with Gasteiger partial charge in [-0.15, -0.1) is 0 Å². The van der Waals surface area contributed by atoms with Gasteiger partial charge < -0.3 is 4.90 Å². The lowest BCUT2D eigenvalue weighted by Crippen LogP contribution is -2.37. The number of nitrogens with zero attached hydrogens (tertiary/aromatic N) is 4. The first-order valence-electron chi connectivity index (χ1n) is 10.5. The van der Waals surface area contributed by atoms with Gasteiger partial charge in [-0.1, -0.05) is 37.8 Å². The largest absolute Gasteiger partial charge is 0.357 e. The number of nitriles is 1. The van der Waals surface area contributed by atoms with E-state index in [1.807, 2.05) is 13.0 Å². The van der Waals surface area contributed by atoms with E-state index in [2.05, 4.69) is 24.8 Å². The van der Waals surface area contributed by atoms with Gasteiger partial charge >= 0.3 is 0 Å². The lowest BCUT2D eigenvalue weighted by Gasteiger charge is -2.33. The Bertz CT molecular complexity index is 998. The predicted octanol–water partition coefficient (Wildman–Crippen LogP) is 3.90. The third-order valence-electron chi connectivity index (χ3n) is 5.51. The molecule has 1 aromatic rings. The van der Waals surface area contributed by atoms with E-state index < -0.39 is 0 Å². The van der Waals surface area contributed by atoms with Gasteiger partial charge in [0.05, 0.1) is 4.91 Å². The van der Waals surface area contributed by atoms with Crippen molar-refractivity contribution in [1.82, 2.24) is 9.47 Å². The van der Waals surface area contributed by atoms with Crippen molar-refractivity contribution in [3.05, 3.63) is 31.9 Å². The van der Waals surface area contributed by atoms with E-state index in [0.29, 0.717) is 33.8 Å². The molecule has 2 aliphatic rings. The molecule has 6 nitrogen and oxygen atoms in total. The third kappa shape index (κ3) is 4.19. The number of pyridine rings is 1. The van der Waals surface area contributed by atoms with Crippen LogP contribution in [0.15, 0.2) is 9.70 Å². The molecule has 0 aliphatic carbocycles. The fraction of sp³-hybridized carbons (Fsp3) is 0.545. The molecule has 0 unspecified atom stereocenters. The fourth-order valence-corrected chi connectivity index (χ4v) is 5.29. The SMILES string of the molecule is CCn1c(N2CCCCC2)c(C=C2SC(=S)N(CC(C)C)C2=O)c(C)c(C#N)c1=O. The van der Waals surface area contributed by atoms with Gasteiger partial charge in [0.15, 0.2) is 0 Å². The highest BCUT2D eigenvalue weighted by atomic mass is 32.2. The van der Waals surface area contributed by atoms with Crippen LogP contribution in [0.5, 0.6) is 0 Å². The molecular weight excluding hydrogens is 416 g/mol. The smallest absolute Gasteiger partial charge is 0.270 e. The van der Waals surface area contributed by atoms with Gasteiger partial charge in [0.2, 0.25) is 0 Å². The first kappa shape index (κ1) is 22.6. The number of carbonyl (C=O) groups excluding carboxylic acids is 1. The molecule has 2 saturated heterocycles. The number of amides is 1. The molecule has 0 bridgehead atoms. The second-order valence-corrected chi connectivity index (χ2v) is 9.81. The molecule has 0 spiro atoms. The molecule has 0 atom stereocenters. The summed E-state index contributed by atoms with van der Waals surface area (Å²) in [5, 5.41) is 9.64. The number of thiocarbonyl (C=S) groups is 1. The maximum absolute atomic E-state index is 13.0. The van der Waals surface area contributed by atoms with Crippen molar-refractivity contribution >= 4 is 46.1 Å². The molecule has 2 aliphatic heterocycles. The highest BCUT2D eigenvalue weighted by molar-refractivity contribution is 8.26. The zero-order chi connectivity index (χ0) is 22.0. The number of piperidine rings is 1. The predicted molar refractivity (Wildman–Crippen MR) is 127 cm³/mol. The van der Waals surface area contributed by atoms with E-state index in [1.54, 1.807) is 16.4 Å². The number of thioether (sulfide) groups is 1. The summed E-state index contributed by atoms with van der Waals surface area (Å²) in [6.07, 6.45) is 5.14. The van der Waals surface area contributed by atoms with Crippen molar-refractivity contribution < 1.29 is 4.79 Å². The summed E-state index contributed by atoms with van der Waals surface area (Å²) in [6.45, 7) is 10.6. The van der Waals surface area contributed by atoms with E-state index >= 15 is 0 Å². The van der Waals surface area contributed by atoms with Gasteiger partial charge in [0, 0.05) is 31.7 Å². The Balaban J connectivity index is 2.19. The van der Waals surface area contributed by atoms with Crippen molar-refractivity contribution in [2.24, 2.45) is 5.92 Å². The quantitative estimate of drug-likeness (QED) is 0.507. The Labute approximate surface area is 187 Å². The van der Waals surface area contributed by atoms with Crippen LogP contribution in [0.2, 0.25) is 0 Å². The van der Waals surface area contributed by atoms with Gasteiger partial charge in [0.1, 0.15) is 21.8 Å². The molecule has 0 N–H and O–H groups in total. The van der Waals surface area contributed by atoms with Gasteiger partial charge in [-0.3, -0.25) is 19.1 Å². The van der Waals surface area contributed by atoms with E-state index in [0.717, 1.165) is 37.3 Å². The number of carbonyl (C=O) groups is 1. The monoisotopic (exact) mass is 444 g/mol. The average molecular weight is 445 g/mol. The Kier molecular flexibility index (Phi) is 7.04. The molecule has 30 heavy (non-hydrogen) atoms. The van der Waals surface area contributed by atoms with Gasteiger partial charge in [-0.2, -0.15) is 5.26 Å². The van der Waals surface area contributed by atoms with E-state index in [4.69, 9.17) is 12.2 Å². The van der Waals surface area contributed by atoms with Crippen LogP contribution in [0.1, 0.15) is 56.7 Å². The van der Waals surface area contributed by atoms with Crippen molar-refractivity contribution in [3.63, 3.8) is 0 Å². The summed E-state index contributed by atoms with van der Waals surface area (Å²) >= 11 is 6.74. The Morgan fingerprint density at radius 1 is 1.23 bits per heavy atom. The van der Waals surface area contributed by atoms with Gasteiger partial charge in [-0.05, 0) is 50.7 Å². The summed E-state index contributed by atoms with van der Waals surface area (Å²) in [5.74, 6) is 1.02. The van der Waals surface area contributed by atoms with Crippen molar-refractivity contribution in [1.29, 1.82) is 5.26 Å². The van der Waals surface area contributed by atoms with Crippen LogP contribution in [-0.4, -0.2) is 39.3 Å². The molecule has 2 fully saturated rings. The van der Waals surface area contributed by atoms with Gasteiger partial charge in [0.25, 0.3) is 11.5 Å². The van der Waals surface area contributed by atoms with Crippen LogP contribution in [0.3, 0.4) is 0 Å². The van der Waals surface area contributed by atoms with E-state index in [-0.39, 0.29) is 17.0 Å². The molecule has 3 rings (SSSR count). The van der Waals surface area contributed by atoms with E-state index in [1.165, 1.54) is 18.2 Å². The summed E-state index contributed by atoms with van der Waals surface area (Å²) in [4.78, 5) is 30.4. The lowest BCUT2D eigenvalue weighted by molar-refractivity contribution is -0.122. The standard InChI is InChI=1S/C22H28N4O2S2/c1-5-25-19(24-9-7-6-8-10-24)16(15(4)17(12-23)20(25)27)11-18-21(28)26(13-14(2)3)22(29)30-18/h11,14H,5-10,13H2,1-4H3. The van der Waals surface area contributed by atoms with Crippen LogP contribution in [-0.2, 0) is 11.3 Å². The zero-order valence-electron chi connectivity index (χ0n) is 18.0. The normalized spacial score (nSPS) is 18.6. The topological polar surface area (TPSA) is 69.3 Å². The van der Waals surface area contributed by atoms with Crippen LogP contribution in [0.25, 0.3) is 6.08 Å². The summed E-state index contributed by atoms with van der Waals surface area (Å²) in [7, 11) is 0. The van der Waals surface area contributed by atoms with Crippen LogP contribution in [0.4, 0.5) is 5.82 Å². The second kappa shape index (κ2) is 9.36. The number of hydrogen-bond acceptors (Lipinski definition) is 6. The Morgan fingerprint density at radius 2 is 1.90 bits per heavy atom.